The van der Waals surface area contributed by atoms with Crippen molar-refractivity contribution in [3.8, 4) is 0 Å². The minimum Gasteiger partial charge on any atom is -0.393 e. The van der Waals surface area contributed by atoms with E-state index in [1.165, 1.54) is 13.8 Å². The predicted molar refractivity (Wildman–Crippen MR) is 301 cm³/mol. The fraction of sp³-hybridized carbons (Fsp3) is 0.607. The van der Waals surface area contributed by atoms with Gasteiger partial charge < -0.3 is 70.8 Å². The Bertz CT molecular complexity index is 2400. The molecular formula is C56H86ClN11O12. The molecule has 444 valence electrons. The number of hydrogen-bond acceptors (Lipinski definition) is 17. The number of carbonyl (C=O) groups excluding carboxylic acids is 10. The monoisotopic (exact) mass is 1140 g/mol. The van der Waals surface area contributed by atoms with Gasteiger partial charge in [-0.1, -0.05) is 67.9 Å². The van der Waals surface area contributed by atoms with Gasteiger partial charge in [0, 0.05) is 68.0 Å². The Morgan fingerprint density at radius 1 is 0.662 bits per heavy atom. The molecule has 0 spiro atoms. The number of hydrogen-bond donors (Lipinski definition) is 13. The van der Waals surface area contributed by atoms with Gasteiger partial charge in [-0.15, -0.1) is 0 Å². The number of aliphatic hydroxyl groups excluding tert-OH is 2. The first-order valence-corrected chi connectivity index (χ1v) is 27.9. The van der Waals surface area contributed by atoms with Crippen LogP contribution in [0.2, 0.25) is 5.02 Å². The van der Waals surface area contributed by atoms with E-state index in [0.29, 0.717) is 16.1 Å². The van der Waals surface area contributed by atoms with E-state index in [1.807, 2.05) is 13.8 Å². The lowest BCUT2D eigenvalue weighted by molar-refractivity contribution is -0.137. The highest BCUT2D eigenvalue weighted by atomic mass is 35.5. The van der Waals surface area contributed by atoms with Crippen molar-refractivity contribution in [2.45, 2.75) is 147 Å². The van der Waals surface area contributed by atoms with E-state index < -0.39 is 163 Å². The number of nitrogens with one attached hydrogen (secondary N) is 6. The summed E-state index contributed by atoms with van der Waals surface area (Å²) in [7, 11) is 0. The molecule has 1 aliphatic rings. The van der Waals surface area contributed by atoms with Crippen LogP contribution in [0.3, 0.4) is 0 Å². The zero-order chi connectivity index (χ0) is 59.6. The zero-order valence-electron chi connectivity index (χ0n) is 46.5. The number of nitrogens with two attached hydrogens (primary N) is 5. The Hall–Kier alpha value is -6.05. The van der Waals surface area contributed by atoms with Crippen molar-refractivity contribution in [1.29, 1.82) is 0 Å². The van der Waals surface area contributed by atoms with Crippen molar-refractivity contribution < 1.29 is 58.2 Å². The van der Waals surface area contributed by atoms with Gasteiger partial charge in [-0.05, 0) is 108 Å². The first-order valence-electron chi connectivity index (χ1n) is 27.5. The van der Waals surface area contributed by atoms with Gasteiger partial charge in [0.1, 0.15) is 17.9 Å². The third-order valence-corrected chi connectivity index (χ3v) is 14.5. The normalized spacial score (nSPS) is 23.5. The lowest BCUT2D eigenvalue weighted by Crippen LogP contribution is -2.57. The van der Waals surface area contributed by atoms with Crippen LogP contribution in [0.5, 0.6) is 0 Å². The van der Waals surface area contributed by atoms with Crippen molar-refractivity contribution in [1.82, 2.24) is 31.9 Å². The summed E-state index contributed by atoms with van der Waals surface area (Å²) in [6.45, 7) is 5.22. The average molecular weight is 1140 g/mol. The van der Waals surface area contributed by atoms with Crippen molar-refractivity contribution in [2.75, 3.05) is 39.3 Å². The van der Waals surface area contributed by atoms with E-state index in [2.05, 4.69) is 31.9 Å². The van der Waals surface area contributed by atoms with Crippen LogP contribution < -0.4 is 60.6 Å². The number of rotatable bonds is 24. The molecule has 18 N–H and O–H groups in total. The van der Waals surface area contributed by atoms with Gasteiger partial charge in [0.15, 0.2) is 17.3 Å². The largest absolute Gasteiger partial charge is 0.393 e. The number of aliphatic hydroxyl groups is 2. The minimum absolute atomic E-state index is 0.0181. The van der Waals surface area contributed by atoms with E-state index >= 15 is 0 Å². The van der Waals surface area contributed by atoms with Crippen LogP contribution >= 0.6 is 11.6 Å². The number of carbonyl (C=O) groups is 10. The summed E-state index contributed by atoms with van der Waals surface area (Å²) in [6.07, 6.45) is -5.44. The molecule has 1 aliphatic heterocycles. The maximum Gasteiger partial charge on any atom is 0.243 e. The number of ketones is 4. The molecule has 1 heterocycles. The Kier molecular flexibility index (Phi) is 29.8. The zero-order valence-corrected chi connectivity index (χ0v) is 47.2. The molecule has 1 fully saturated rings. The summed E-state index contributed by atoms with van der Waals surface area (Å²) < 4.78 is 0. The van der Waals surface area contributed by atoms with Crippen LogP contribution in [-0.4, -0.2) is 150 Å². The molecule has 12 atom stereocenters. The van der Waals surface area contributed by atoms with Gasteiger partial charge in [0.05, 0.1) is 42.2 Å². The van der Waals surface area contributed by atoms with E-state index in [-0.39, 0.29) is 83.6 Å². The van der Waals surface area contributed by atoms with Gasteiger partial charge in [0.25, 0.3) is 0 Å². The predicted octanol–water partition coefficient (Wildman–Crippen LogP) is -0.927. The summed E-state index contributed by atoms with van der Waals surface area (Å²) >= 11 is 6.16. The Morgan fingerprint density at radius 3 is 1.79 bits per heavy atom. The molecule has 2 aromatic carbocycles. The SMILES string of the molecule is CC(C)C[C@@H]1NC(=O)[C@@H](Cc2ccccc2)CC(=O)[C@H](CCN)NC(=O)[C@@H](CC(=O)[C@H](CN)NC(=O)[C@@H](CC(=O)C[C@H](CN)c2cccc(Cl)c2)[C@@H](C)O)CCNC(=O)[C@H]([C@@H](C)O)CC(=O)[C@H](CCN)NC(=O)[C@H](CCN)NC1=O. The standard InChI is InChI=1S/C56H86ClN11O12/c1-31(2)21-46-56(80)66-45(15-19-60)55(79)65-44(14-18-59)50(74)28-42(33(4)70)53(77)63-20-16-36(51(75)64-43(13-17-58)48(72)26-37(52(76)67-46)22-34-9-6-5-7-10-34)25-49(73)47(30-62)68-54(78)41(32(3)69)27-40(71)24-38(29-61)35-11-8-12-39(57)23-35/h5-12,23,31-33,36-38,41-47,69-70H,13-22,24-30,58-62H2,1-4H3,(H,63,77)(H,64,75)(H,65,79)(H,66,80)(H,67,76)(H,68,78)/t32-,33-,36-,37+,38-,41+,42+,43+,44+,45+,46+,47+/m1/s1. The van der Waals surface area contributed by atoms with Crippen LogP contribution in [0.15, 0.2) is 54.6 Å². The molecule has 24 heteroatoms. The van der Waals surface area contributed by atoms with Crippen LogP contribution in [0, 0.1) is 29.6 Å². The fourth-order valence-electron chi connectivity index (χ4n) is 9.55. The summed E-state index contributed by atoms with van der Waals surface area (Å²) in [5.74, 6) is -13.1. The number of halogens is 1. The molecule has 23 nitrogen and oxygen atoms in total. The number of benzene rings is 2. The summed E-state index contributed by atoms with van der Waals surface area (Å²) in [4.78, 5) is 141. The molecule has 0 bridgehead atoms. The quantitative estimate of drug-likeness (QED) is 0.0604. The van der Waals surface area contributed by atoms with Crippen LogP contribution in [-0.2, 0) is 54.4 Å². The molecule has 2 aromatic rings. The van der Waals surface area contributed by atoms with Gasteiger partial charge >= 0.3 is 0 Å². The van der Waals surface area contributed by atoms with Crippen molar-refractivity contribution in [3.63, 3.8) is 0 Å². The van der Waals surface area contributed by atoms with E-state index in [4.69, 9.17) is 40.3 Å². The molecule has 1 saturated heterocycles. The molecule has 80 heavy (non-hydrogen) atoms. The van der Waals surface area contributed by atoms with Gasteiger partial charge in [-0.3, -0.25) is 47.9 Å². The van der Waals surface area contributed by atoms with E-state index in [1.54, 1.807) is 54.6 Å². The summed E-state index contributed by atoms with van der Waals surface area (Å²) in [6, 6.07) is 9.02. The molecule has 0 aliphatic carbocycles. The van der Waals surface area contributed by atoms with Gasteiger partial charge in [0.2, 0.25) is 35.4 Å². The molecule has 6 amide bonds. The molecule has 0 unspecified atom stereocenters. The van der Waals surface area contributed by atoms with Crippen LogP contribution in [0.1, 0.15) is 109 Å². The van der Waals surface area contributed by atoms with Crippen molar-refractivity contribution >= 4 is 70.2 Å². The Balaban J connectivity index is 2.07. The van der Waals surface area contributed by atoms with E-state index in [0.717, 1.165) is 0 Å². The smallest absolute Gasteiger partial charge is 0.243 e. The molecule has 0 radical (unpaired) electrons. The third-order valence-electron chi connectivity index (χ3n) is 14.2. The lowest BCUT2D eigenvalue weighted by atomic mass is 9.88. The summed E-state index contributed by atoms with van der Waals surface area (Å²) in [5, 5.41) is 37.9. The Labute approximate surface area is 473 Å². The molecule has 0 saturated carbocycles. The first-order chi connectivity index (χ1) is 38.0. The molecule has 0 aromatic heterocycles. The third kappa shape index (κ3) is 22.5. The number of amides is 6. The summed E-state index contributed by atoms with van der Waals surface area (Å²) in [5.41, 5.74) is 31.2. The topological polar surface area (TPSA) is 413 Å². The Morgan fingerprint density at radius 2 is 1.23 bits per heavy atom. The maximum atomic E-state index is 14.5. The van der Waals surface area contributed by atoms with Gasteiger partial charge in [-0.2, -0.15) is 0 Å². The fourth-order valence-corrected chi connectivity index (χ4v) is 9.75. The molecular weight excluding hydrogens is 1050 g/mol. The van der Waals surface area contributed by atoms with Crippen LogP contribution in [0.4, 0.5) is 0 Å². The lowest BCUT2D eigenvalue weighted by Gasteiger charge is -2.27. The van der Waals surface area contributed by atoms with Gasteiger partial charge in [-0.25, -0.2) is 0 Å². The second-order valence-electron chi connectivity index (χ2n) is 21.2. The van der Waals surface area contributed by atoms with Crippen molar-refractivity contribution in [3.05, 3.63) is 70.7 Å². The average Bonchev–Trinajstić information content (AvgIpc) is 3.40. The highest BCUT2D eigenvalue weighted by molar-refractivity contribution is 6.30. The number of Topliss-reactive ketones (excluding diaryl/α,β-unsaturated/α-hetero) is 4. The maximum absolute atomic E-state index is 14.5. The van der Waals surface area contributed by atoms with E-state index in [9.17, 15) is 58.2 Å². The van der Waals surface area contributed by atoms with Crippen molar-refractivity contribution in [2.24, 2.45) is 58.3 Å². The van der Waals surface area contributed by atoms with Crippen LogP contribution in [0.25, 0.3) is 0 Å². The second-order valence-corrected chi connectivity index (χ2v) is 21.6. The molecule has 3 rings (SSSR count). The highest BCUT2D eigenvalue weighted by Crippen LogP contribution is 2.25. The first kappa shape index (κ1) is 68.2. The second kappa shape index (κ2) is 34.9. The highest BCUT2D eigenvalue weighted by Gasteiger charge is 2.37. The minimum atomic E-state index is -1.46.